The molecule has 8 nitrogen and oxygen atoms in total. The van der Waals surface area contributed by atoms with E-state index in [4.69, 9.17) is 0 Å². The zero-order valence-electron chi connectivity index (χ0n) is 21.2. The van der Waals surface area contributed by atoms with Crippen LogP contribution in [0.1, 0.15) is 32.6 Å². The number of anilines is 2. The first kappa shape index (κ1) is 27.1. The minimum Gasteiger partial charge on any atom is -0.367 e. The Morgan fingerprint density at radius 2 is 1.74 bits per heavy atom. The van der Waals surface area contributed by atoms with E-state index in [2.05, 4.69) is 15.2 Å². The quantitative estimate of drug-likeness (QED) is 0.488. The lowest BCUT2D eigenvalue weighted by atomic mass is 10.0. The smallest absolute Gasteiger partial charge is 0.367 e. The van der Waals surface area contributed by atoms with Crippen LogP contribution in [0.15, 0.2) is 52.3 Å². The number of alkyl halides is 3. The molecule has 3 aromatic rings. The molecule has 2 aromatic heterocycles. The Kier molecular flexibility index (Phi) is 7.20. The molecule has 0 radical (unpaired) electrons. The molecular formula is C26H31F4N5O3. The molecule has 0 bridgehead atoms. The Morgan fingerprint density at radius 3 is 2.34 bits per heavy atom. The number of likely N-dealkylation sites (N-methyl/N-ethyl adjacent to an activating group) is 1. The molecule has 1 aliphatic heterocycles. The third kappa shape index (κ3) is 5.35. The molecule has 3 heterocycles. The lowest BCUT2D eigenvalue weighted by Crippen LogP contribution is -2.55. The maximum absolute atomic E-state index is 15.5. The molecule has 12 heteroatoms. The zero-order chi connectivity index (χ0) is 27.9. The van der Waals surface area contributed by atoms with Crippen LogP contribution in [-0.2, 0) is 13.2 Å². The topological polar surface area (TPSA) is 90.4 Å². The number of benzene rings is 1. The number of rotatable bonds is 4. The van der Waals surface area contributed by atoms with Gasteiger partial charge in [0, 0.05) is 65.2 Å². The lowest BCUT2D eigenvalue weighted by molar-refractivity contribution is -0.138. The maximum atomic E-state index is 15.5. The Morgan fingerprint density at radius 1 is 1.08 bits per heavy atom. The molecule has 4 rings (SSSR count). The van der Waals surface area contributed by atoms with Crippen LogP contribution in [0.4, 0.5) is 28.9 Å². The number of aromatic nitrogens is 2. The van der Waals surface area contributed by atoms with E-state index in [1.165, 1.54) is 42.1 Å². The minimum atomic E-state index is -4.95. The standard InChI is InChI=1S/C26H27F4N5O3.2H2/c1-14-12-35(13-15(2)34(14)4)22-10-20(27)17(16-5-6-33(3)24(37)7-16)8-21(22)32-25(38)18-11-31-23(36)9-19(18)26(28,29)30;;/h5-11,14-15H,12-13H2,1-4H3,(H,31,36)(H,32,38);2*1H/t14-,15+;;. The predicted octanol–water partition coefficient (Wildman–Crippen LogP) is 4.17. The number of aryl methyl sites for hydroxylation is 1. The van der Waals surface area contributed by atoms with Crippen molar-refractivity contribution in [2.75, 3.05) is 30.4 Å². The van der Waals surface area contributed by atoms with Crippen molar-refractivity contribution in [2.45, 2.75) is 32.1 Å². The number of hydrogen-bond donors (Lipinski definition) is 2. The highest BCUT2D eigenvalue weighted by atomic mass is 19.4. The predicted molar refractivity (Wildman–Crippen MR) is 140 cm³/mol. The number of H-pyrrole nitrogens is 1. The van der Waals surface area contributed by atoms with Crippen molar-refractivity contribution in [3.05, 3.63) is 80.4 Å². The van der Waals surface area contributed by atoms with Gasteiger partial charge in [-0.25, -0.2) is 4.39 Å². The molecule has 2 atom stereocenters. The molecule has 206 valence electrons. The van der Waals surface area contributed by atoms with E-state index in [0.717, 1.165) is 0 Å². The summed E-state index contributed by atoms with van der Waals surface area (Å²) in [7, 11) is 3.50. The van der Waals surface area contributed by atoms with Crippen LogP contribution in [-0.4, -0.2) is 52.6 Å². The lowest BCUT2D eigenvalue weighted by Gasteiger charge is -2.44. The Labute approximate surface area is 218 Å². The Bertz CT molecular complexity index is 1500. The van der Waals surface area contributed by atoms with Crippen LogP contribution in [0.5, 0.6) is 0 Å². The number of nitrogens with zero attached hydrogens (tertiary/aromatic N) is 3. The van der Waals surface area contributed by atoms with Gasteiger partial charge in [0.25, 0.3) is 11.5 Å². The summed E-state index contributed by atoms with van der Waals surface area (Å²) >= 11 is 0. The first-order valence-corrected chi connectivity index (χ1v) is 11.8. The number of halogens is 4. The van der Waals surface area contributed by atoms with Crippen molar-refractivity contribution >= 4 is 17.3 Å². The van der Waals surface area contributed by atoms with Crippen LogP contribution in [0.25, 0.3) is 11.1 Å². The number of amides is 1. The van der Waals surface area contributed by atoms with E-state index in [1.807, 2.05) is 25.8 Å². The summed E-state index contributed by atoms with van der Waals surface area (Å²) in [5.74, 6) is -1.79. The molecule has 2 N–H and O–H groups in total. The molecule has 1 saturated heterocycles. The molecule has 1 aliphatic rings. The highest BCUT2D eigenvalue weighted by molar-refractivity contribution is 6.07. The van der Waals surface area contributed by atoms with E-state index in [0.29, 0.717) is 25.4 Å². The molecule has 1 amide bonds. The second-order valence-electron chi connectivity index (χ2n) is 9.56. The summed E-state index contributed by atoms with van der Waals surface area (Å²) < 4.78 is 57.6. The average Bonchev–Trinajstić information content (AvgIpc) is 2.84. The van der Waals surface area contributed by atoms with E-state index in [-0.39, 0.29) is 43.0 Å². The molecule has 0 saturated carbocycles. The summed E-state index contributed by atoms with van der Waals surface area (Å²) in [5.41, 5.74) is -2.99. The number of nitrogens with one attached hydrogen (secondary N) is 2. The van der Waals surface area contributed by atoms with E-state index in [1.54, 1.807) is 0 Å². The summed E-state index contributed by atoms with van der Waals surface area (Å²) in [6.07, 6.45) is -2.79. The van der Waals surface area contributed by atoms with Crippen molar-refractivity contribution in [1.82, 2.24) is 14.5 Å². The number of carbonyl (C=O) groups is 1. The van der Waals surface area contributed by atoms with Gasteiger partial charge < -0.3 is 19.8 Å². The largest absolute Gasteiger partial charge is 0.417 e. The third-order valence-corrected chi connectivity index (χ3v) is 6.92. The van der Waals surface area contributed by atoms with Gasteiger partial charge in [-0.3, -0.25) is 19.3 Å². The monoisotopic (exact) mass is 537 g/mol. The van der Waals surface area contributed by atoms with Gasteiger partial charge in [-0.15, -0.1) is 0 Å². The van der Waals surface area contributed by atoms with Crippen molar-refractivity contribution in [3.63, 3.8) is 0 Å². The summed E-state index contributed by atoms with van der Waals surface area (Å²) in [6, 6.07) is 5.73. The van der Waals surface area contributed by atoms with Gasteiger partial charge in [0.1, 0.15) is 5.82 Å². The van der Waals surface area contributed by atoms with Crippen molar-refractivity contribution in [1.29, 1.82) is 0 Å². The van der Waals surface area contributed by atoms with Gasteiger partial charge in [0.05, 0.1) is 22.5 Å². The van der Waals surface area contributed by atoms with Gasteiger partial charge in [-0.1, -0.05) is 0 Å². The second kappa shape index (κ2) is 10.1. The molecule has 1 fully saturated rings. The SMILES string of the molecule is C[C@@H]1CN(c2cc(F)c(-c3ccn(C)c(=O)c3)cc2NC(=O)c2c[nH]c(=O)cc2C(F)(F)F)C[C@H](C)N1C.[HH].[HH]. The van der Waals surface area contributed by atoms with Crippen molar-refractivity contribution in [3.8, 4) is 11.1 Å². The molecule has 0 unspecified atom stereocenters. The summed E-state index contributed by atoms with van der Waals surface area (Å²) in [5, 5.41) is 2.49. The molecule has 0 spiro atoms. The van der Waals surface area contributed by atoms with Gasteiger partial charge in [-0.05, 0) is 44.7 Å². The fourth-order valence-corrected chi connectivity index (χ4v) is 4.55. The number of hydrogen-bond acceptors (Lipinski definition) is 5. The Hall–Kier alpha value is -3.93. The van der Waals surface area contributed by atoms with Crippen LogP contribution >= 0.6 is 0 Å². The number of carbonyl (C=O) groups excluding carboxylic acids is 1. The molecular weight excluding hydrogens is 506 g/mol. The fourth-order valence-electron chi connectivity index (χ4n) is 4.55. The summed E-state index contributed by atoms with van der Waals surface area (Å²) in [4.78, 5) is 43.0. The van der Waals surface area contributed by atoms with Crippen LogP contribution in [0.2, 0.25) is 0 Å². The van der Waals surface area contributed by atoms with Crippen LogP contribution < -0.4 is 21.3 Å². The van der Waals surface area contributed by atoms with Crippen molar-refractivity contribution in [2.24, 2.45) is 7.05 Å². The van der Waals surface area contributed by atoms with Crippen molar-refractivity contribution < 1.29 is 25.2 Å². The van der Waals surface area contributed by atoms with E-state index < -0.39 is 34.6 Å². The number of aromatic amines is 1. The highest BCUT2D eigenvalue weighted by Gasteiger charge is 2.36. The number of pyridine rings is 2. The molecule has 38 heavy (non-hydrogen) atoms. The fraction of sp³-hybridized carbons (Fsp3) is 0.346. The van der Waals surface area contributed by atoms with Crippen LogP contribution in [0.3, 0.4) is 0 Å². The first-order valence-electron chi connectivity index (χ1n) is 11.8. The third-order valence-electron chi connectivity index (χ3n) is 6.92. The highest BCUT2D eigenvalue weighted by Crippen LogP contribution is 2.37. The maximum Gasteiger partial charge on any atom is 0.417 e. The number of piperazine rings is 1. The normalized spacial score (nSPS) is 18.5. The Balaban J connectivity index is 0.00000280. The second-order valence-corrected chi connectivity index (χ2v) is 9.56. The first-order chi connectivity index (χ1) is 17.8. The molecule has 0 aliphatic carbocycles. The molecule has 1 aromatic carbocycles. The minimum absolute atomic E-state index is 0. The average molecular weight is 538 g/mol. The van der Waals surface area contributed by atoms with Gasteiger partial charge in [-0.2, -0.15) is 13.2 Å². The summed E-state index contributed by atoms with van der Waals surface area (Å²) in [6.45, 7) is 4.92. The van der Waals surface area contributed by atoms with Gasteiger partial charge in [0.2, 0.25) is 5.56 Å². The van der Waals surface area contributed by atoms with Gasteiger partial charge in [0.15, 0.2) is 0 Å². The van der Waals surface area contributed by atoms with Gasteiger partial charge >= 0.3 is 6.18 Å². The van der Waals surface area contributed by atoms with E-state index in [9.17, 15) is 27.6 Å². The van der Waals surface area contributed by atoms with Crippen LogP contribution in [0, 0.1) is 5.82 Å². The zero-order valence-corrected chi connectivity index (χ0v) is 21.2. The van der Waals surface area contributed by atoms with E-state index >= 15 is 4.39 Å².